The number of likely N-dealkylation sites (tertiary alicyclic amines) is 1. The van der Waals surface area contributed by atoms with E-state index in [2.05, 4.69) is 21.4 Å². The van der Waals surface area contributed by atoms with Crippen molar-refractivity contribution in [3.63, 3.8) is 0 Å². The minimum atomic E-state index is -0.736. The van der Waals surface area contributed by atoms with E-state index >= 15 is 0 Å². The van der Waals surface area contributed by atoms with Crippen LogP contribution in [-0.2, 0) is 9.59 Å². The second kappa shape index (κ2) is 9.09. The number of amides is 2. The molecule has 34 heavy (non-hydrogen) atoms. The Labute approximate surface area is 197 Å². The summed E-state index contributed by atoms with van der Waals surface area (Å²) in [5.74, 6) is 0.252. The summed E-state index contributed by atoms with van der Waals surface area (Å²) >= 11 is 0. The molecule has 0 aromatic carbocycles. The average molecular weight is 464 g/mol. The van der Waals surface area contributed by atoms with Crippen LogP contribution in [0.1, 0.15) is 55.4 Å². The van der Waals surface area contributed by atoms with Crippen molar-refractivity contribution < 1.29 is 19.1 Å². The van der Waals surface area contributed by atoms with E-state index in [9.17, 15) is 19.6 Å². The number of rotatable bonds is 6. The topological polar surface area (TPSA) is 128 Å². The fourth-order valence-corrected chi connectivity index (χ4v) is 6.13. The van der Waals surface area contributed by atoms with Crippen LogP contribution in [0.3, 0.4) is 0 Å². The number of carbonyl (C=O) groups is 3. The van der Waals surface area contributed by atoms with Crippen LogP contribution in [0.15, 0.2) is 18.3 Å². The lowest BCUT2D eigenvalue weighted by atomic mass is 9.92. The molecule has 2 N–H and O–H groups in total. The van der Waals surface area contributed by atoms with E-state index in [0.717, 1.165) is 37.6 Å². The molecule has 0 bridgehead atoms. The number of nitrogens with one attached hydrogen (secondary N) is 2. The van der Waals surface area contributed by atoms with E-state index in [0.29, 0.717) is 36.3 Å². The predicted octanol–water partition coefficient (Wildman–Crippen LogP) is 2.58. The Kier molecular flexibility index (Phi) is 5.98. The first-order valence-corrected chi connectivity index (χ1v) is 12.1. The van der Waals surface area contributed by atoms with Crippen LogP contribution < -0.4 is 10.1 Å². The highest BCUT2D eigenvalue weighted by atomic mass is 16.5. The Balaban J connectivity index is 1.37. The Bertz CT molecular complexity index is 1170. The number of hydrogen-bond acceptors (Lipinski definition) is 6. The minimum absolute atomic E-state index is 0.0805. The number of aromatic nitrogens is 2. The highest BCUT2D eigenvalue weighted by Gasteiger charge is 2.50. The van der Waals surface area contributed by atoms with Crippen molar-refractivity contribution in [2.24, 2.45) is 17.8 Å². The van der Waals surface area contributed by atoms with E-state index in [-0.39, 0.29) is 35.4 Å². The van der Waals surface area contributed by atoms with Crippen molar-refractivity contribution in [3.05, 3.63) is 24.0 Å². The first-order valence-electron chi connectivity index (χ1n) is 12.1. The number of ether oxygens (including phenoxy) is 1. The molecule has 5 rings (SSSR count). The third-order valence-electron chi connectivity index (χ3n) is 7.78. The molecule has 178 valence electrons. The second-order valence-electron chi connectivity index (χ2n) is 9.70. The van der Waals surface area contributed by atoms with Crippen molar-refractivity contribution in [1.82, 2.24) is 20.2 Å². The second-order valence-corrected chi connectivity index (χ2v) is 9.70. The van der Waals surface area contributed by atoms with Gasteiger partial charge in [0.05, 0.1) is 24.1 Å². The third-order valence-corrected chi connectivity index (χ3v) is 7.78. The van der Waals surface area contributed by atoms with Gasteiger partial charge in [-0.3, -0.25) is 14.4 Å². The number of aromatic amines is 1. The Morgan fingerprint density at radius 1 is 1.35 bits per heavy atom. The lowest BCUT2D eigenvalue weighted by Crippen LogP contribution is -2.51. The van der Waals surface area contributed by atoms with Gasteiger partial charge in [0.2, 0.25) is 11.8 Å². The fourth-order valence-electron chi connectivity index (χ4n) is 6.13. The number of nitriles is 1. The van der Waals surface area contributed by atoms with Crippen LogP contribution in [0.4, 0.5) is 0 Å². The van der Waals surface area contributed by atoms with Crippen molar-refractivity contribution >= 4 is 28.5 Å². The molecule has 1 aliphatic heterocycles. The number of pyridine rings is 1. The van der Waals surface area contributed by atoms with Gasteiger partial charge in [-0.2, -0.15) is 5.26 Å². The quantitative estimate of drug-likeness (QED) is 0.678. The fraction of sp³-hybridized carbons (Fsp3) is 0.560. The number of hydrogen-bond donors (Lipinski definition) is 2. The SMILES string of the molecule is COc1nccc2[nH]c(C(=O)N3C[C@@H]4CCC[C@@H]4[C@H]3C(=O)N[C@H](C#N)C[C@@H]3CCCC3=O)cc12. The summed E-state index contributed by atoms with van der Waals surface area (Å²) in [6, 6.07) is 4.29. The molecule has 2 aromatic rings. The van der Waals surface area contributed by atoms with Crippen molar-refractivity contribution in [2.45, 2.75) is 57.0 Å². The number of methoxy groups -OCH3 is 1. The summed E-state index contributed by atoms with van der Waals surface area (Å²) in [5, 5.41) is 13.2. The molecule has 2 amide bonds. The highest BCUT2D eigenvalue weighted by Crippen LogP contribution is 2.43. The molecular formula is C25H29N5O4. The van der Waals surface area contributed by atoms with Gasteiger partial charge in [-0.05, 0) is 56.1 Å². The van der Waals surface area contributed by atoms with Gasteiger partial charge in [-0.1, -0.05) is 6.42 Å². The van der Waals surface area contributed by atoms with E-state index in [1.165, 1.54) is 7.11 Å². The monoisotopic (exact) mass is 463 g/mol. The van der Waals surface area contributed by atoms with Gasteiger partial charge in [0.15, 0.2) is 0 Å². The maximum Gasteiger partial charge on any atom is 0.271 e. The highest BCUT2D eigenvalue weighted by molar-refractivity contribution is 6.01. The van der Waals surface area contributed by atoms with Crippen LogP contribution in [0.5, 0.6) is 5.88 Å². The number of Topliss-reactive ketones (excluding diaryl/α,β-unsaturated/α-hetero) is 1. The van der Waals surface area contributed by atoms with Gasteiger partial charge in [-0.25, -0.2) is 4.98 Å². The lowest BCUT2D eigenvalue weighted by molar-refractivity contribution is -0.127. The zero-order chi connectivity index (χ0) is 23.8. The maximum absolute atomic E-state index is 13.6. The van der Waals surface area contributed by atoms with E-state index in [4.69, 9.17) is 4.74 Å². The molecule has 2 saturated carbocycles. The first-order chi connectivity index (χ1) is 16.5. The Morgan fingerprint density at radius 3 is 2.94 bits per heavy atom. The molecule has 3 heterocycles. The standard InChI is InChI=1S/C25H29N5O4/c1-34-24-18-11-20(29-19(18)8-9-27-24)25(33)30-13-15-5-2-6-17(15)22(30)23(32)28-16(12-26)10-14-4-3-7-21(14)31/h8-9,11,14-17,22,29H,2-7,10,13H2,1H3,(H,28,32)/t14-,15-,16-,17-,22-/m0/s1. The zero-order valence-corrected chi connectivity index (χ0v) is 19.3. The molecule has 0 spiro atoms. The van der Waals surface area contributed by atoms with Crippen LogP contribution in [0, 0.1) is 29.1 Å². The van der Waals surface area contributed by atoms with Gasteiger partial charge < -0.3 is 19.9 Å². The predicted molar refractivity (Wildman–Crippen MR) is 123 cm³/mol. The number of fused-ring (bicyclic) bond motifs is 2. The minimum Gasteiger partial charge on any atom is -0.481 e. The average Bonchev–Trinajstić information content (AvgIpc) is 3.61. The maximum atomic E-state index is 13.6. The summed E-state index contributed by atoms with van der Waals surface area (Å²) in [6.07, 6.45) is 7.02. The summed E-state index contributed by atoms with van der Waals surface area (Å²) < 4.78 is 5.31. The molecular weight excluding hydrogens is 434 g/mol. The molecule has 9 nitrogen and oxygen atoms in total. The third kappa shape index (κ3) is 3.91. The summed E-state index contributed by atoms with van der Waals surface area (Å²) in [7, 11) is 1.53. The van der Waals surface area contributed by atoms with Gasteiger partial charge >= 0.3 is 0 Å². The summed E-state index contributed by atoms with van der Waals surface area (Å²) in [5.41, 5.74) is 1.12. The largest absolute Gasteiger partial charge is 0.481 e. The molecule has 5 atom stereocenters. The zero-order valence-electron chi connectivity index (χ0n) is 19.3. The van der Waals surface area contributed by atoms with E-state index in [1.54, 1.807) is 23.2 Å². The summed E-state index contributed by atoms with van der Waals surface area (Å²) in [4.78, 5) is 48.1. The first kappa shape index (κ1) is 22.4. The van der Waals surface area contributed by atoms with Crippen LogP contribution >= 0.6 is 0 Å². The van der Waals surface area contributed by atoms with Crippen molar-refractivity contribution in [1.29, 1.82) is 5.26 Å². The van der Waals surface area contributed by atoms with Gasteiger partial charge in [0.25, 0.3) is 5.91 Å². The van der Waals surface area contributed by atoms with E-state index in [1.807, 2.05) is 0 Å². The molecule has 2 aliphatic carbocycles. The van der Waals surface area contributed by atoms with Gasteiger partial charge in [0, 0.05) is 25.1 Å². The smallest absolute Gasteiger partial charge is 0.271 e. The molecule has 1 saturated heterocycles. The normalized spacial score (nSPS) is 26.9. The molecule has 3 aliphatic rings. The number of carbonyl (C=O) groups excluding carboxylic acids is 3. The number of nitrogens with zero attached hydrogens (tertiary/aromatic N) is 3. The van der Waals surface area contributed by atoms with Crippen LogP contribution in [0.2, 0.25) is 0 Å². The molecule has 2 aromatic heterocycles. The lowest BCUT2D eigenvalue weighted by Gasteiger charge is -2.28. The van der Waals surface area contributed by atoms with Crippen molar-refractivity contribution in [3.8, 4) is 11.9 Å². The Morgan fingerprint density at radius 2 is 2.21 bits per heavy atom. The van der Waals surface area contributed by atoms with E-state index < -0.39 is 12.1 Å². The number of H-pyrrole nitrogens is 1. The molecule has 0 radical (unpaired) electrons. The van der Waals surface area contributed by atoms with Crippen LogP contribution in [0.25, 0.3) is 10.9 Å². The Hall–Kier alpha value is -3.41. The van der Waals surface area contributed by atoms with Crippen molar-refractivity contribution in [2.75, 3.05) is 13.7 Å². The molecule has 9 heteroatoms. The van der Waals surface area contributed by atoms with Gasteiger partial charge in [-0.15, -0.1) is 0 Å². The number of ketones is 1. The molecule has 0 unspecified atom stereocenters. The molecule has 3 fully saturated rings. The van der Waals surface area contributed by atoms with Crippen LogP contribution in [-0.4, -0.2) is 58.2 Å². The summed E-state index contributed by atoms with van der Waals surface area (Å²) in [6.45, 7) is 0.519. The van der Waals surface area contributed by atoms with Gasteiger partial charge in [0.1, 0.15) is 23.6 Å².